The fourth-order valence-corrected chi connectivity index (χ4v) is 3.16. The molecule has 3 nitrogen and oxygen atoms in total. The minimum absolute atomic E-state index is 0.228. The predicted octanol–water partition coefficient (Wildman–Crippen LogP) is 2.27. The van der Waals surface area contributed by atoms with Crippen molar-refractivity contribution in [2.24, 2.45) is 11.7 Å². The molecule has 1 aliphatic heterocycles. The van der Waals surface area contributed by atoms with E-state index in [1.807, 2.05) is 24.3 Å². The number of hydrogen-bond donors (Lipinski definition) is 3. The smallest absolute Gasteiger partial charge is 0.0937 e. The van der Waals surface area contributed by atoms with Crippen molar-refractivity contribution in [1.82, 2.24) is 5.32 Å². The maximum Gasteiger partial charge on any atom is 0.0937 e. The summed E-state index contributed by atoms with van der Waals surface area (Å²) in [6.07, 6.45) is 3.66. The lowest BCUT2D eigenvalue weighted by Crippen LogP contribution is -2.44. The minimum Gasteiger partial charge on any atom is -0.385 e. The van der Waals surface area contributed by atoms with Crippen molar-refractivity contribution in [1.29, 1.82) is 0 Å². The average Bonchev–Trinajstić information content (AvgIpc) is 2.45. The van der Waals surface area contributed by atoms with E-state index in [4.69, 9.17) is 17.3 Å². The molecule has 0 saturated carbocycles. The van der Waals surface area contributed by atoms with Gasteiger partial charge < -0.3 is 16.2 Å². The highest BCUT2D eigenvalue weighted by molar-refractivity contribution is 6.30. The zero-order chi connectivity index (χ0) is 13.7. The Bertz CT molecular complexity index is 407. The van der Waals surface area contributed by atoms with Crippen LogP contribution in [0.2, 0.25) is 5.02 Å². The standard InChI is InChI=1S/C15H23ClN2O/c16-14-6-1-4-12(10-14)15(19,7-3-8-17)13-5-2-9-18-11-13/h1,4,6,10,13,18-19H,2-3,5,7-9,11,17H2/t13?,15-/m1/s1. The van der Waals surface area contributed by atoms with E-state index in [2.05, 4.69) is 5.32 Å². The fourth-order valence-electron chi connectivity index (χ4n) is 2.97. The second-order valence-corrected chi connectivity index (χ2v) is 5.81. The molecular formula is C15H23ClN2O. The topological polar surface area (TPSA) is 58.3 Å². The second kappa shape index (κ2) is 6.71. The monoisotopic (exact) mass is 282 g/mol. The van der Waals surface area contributed by atoms with Crippen LogP contribution in [0.1, 0.15) is 31.2 Å². The van der Waals surface area contributed by atoms with E-state index in [0.717, 1.165) is 37.9 Å². The number of piperidine rings is 1. The molecule has 1 aromatic carbocycles. The van der Waals surface area contributed by atoms with E-state index in [1.54, 1.807) is 0 Å². The molecule has 1 aliphatic rings. The third-order valence-corrected chi connectivity index (χ3v) is 4.29. The summed E-state index contributed by atoms with van der Waals surface area (Å²) in [5, 5.41) is 15.3. The van der Waals surface area contributed by atoms with Crippen molar-refractivity contribution in [2.45, 2.75) is 31.3 Å². The fraction of sp³-hybridized carbons (Fsp3) is 0.600. The highest BCUT2D eigenvalue weighted by Gasteiger charge is 2.38. The van der Waals surface area contributed by atoms with Gasteiger partial charge in [0.25, 0.3) is 0 Å². The molecule has 1 aromatic rings. The molecule has 4 N–H and O–H groups in total. The Kier molecular flexibility index (Phi) is 5.22. The van der Waals surface area contributed by atoms with Crippen LogP contribution < -0.4 is 11.1 Å². The average molecular weight is 283 g/mol. The number of rotatable bonds is 5. The van der Waals surface area contributed by atoms with Gasteiger partial charge in [-0.15, -0.1) is 0 Å². The van der Waals surface area contributed by atoms with Gasteiger partial charge in [-0.2, -0.15) is 0 Å². The van der Waals surface area contributed by atoms with E-state index in [1.165, 1.54) is 0 Å². The number of nitrogens with two attached hydrogens (primary N) is 1. The van der Waals surface area contributed by atoms with E-state index in [9.17, 15) is 5.11 Å². The van der Waals surface area contributed by atoms with Crippen molar-refractivity contribution in [3.63, 3.8) is 0 Å². The van der Waals surface area contributed by atoms with Crippen LogP contribution in [0.15, 0.2) is 24.3 Å². The Labute approximate surface area is 120 Å². The summed E-state index contributed by atoms with van der Waals surface area (Å²) in [5.74, 6) is 0.228. The molecule has 4 heteroatoms. The molecule has 2 atom stereocenters. The minimum atomic E-state index is -0.822. The Balaban J connectivity index is 2.27. The third kappa shape index (κ3) is 3.48. The first-order valence-electron chi connectivity index (χ1n) is 7.06. The van der Waals surface area contributed by atoms with E-state index in [0.29, 0.717) is 18.0 Å². The first-order valence-corrected chi connectivity index (χ1v) is 7.44. The second-order valence-electron chi connectivity index (χ2n) is 5.37. The van der Waals surface area contributed by atoms with Crippen molar-refractivity contribution in [3.8, 4) is 0 Å². The van der Waals surface area contributed by atoms with E-state index in [-0.39, 0.29) is 5.92 Å². The molecule has 0 aliphatic carbocycles. The molecule has 0 radical (unpaired) electrons. The van der Waals surface area contributed by atoms with Gasteiger partial charge in [0.2, 0.25) is 0 Å². The molecular weight excluding hydrogens is 260 g/mol. The van der Waals surface area contributed by atoms with Gasteiger partial charge in [-0.3, -0.25) is 0 Å². The Morgan fingerprint density at radius 1 is 1.47 bits per heavy atom. The highest BCUT2D eigenvalue weighted by Crippen LogP contribution is 2.38. The summed E-state index contributed by atoms with van der Waals surface area (Å²) >= 11 is 6.07. The van der Waals surface area contributed by atoms with Gasteiger partial charge in [-0.05, 0) is 56.5 Å². The molecule has 106 valence electrons. The van der Waals surface area contributed by atoms with Crippen LogP contribution in [0.3, 0.4) is 0 Å². The number of hydrogen-bond acceptors (Lipinski definition) is 3. The maximum absolute atomic E-state index is 11.2. The van der Waals surface area contributed by atoms with Crippen molar-refractivity contribution in [3.05, 3.63) is 34.9 Å². The Hall–Kier alpha value is -0.610. The lowest BCUT2D eigenvalue weighted by atomic mass is 9.74. The van der Waals surface area contributed by atoms with Crippen molar-refractivity contribution >= 4 is 11.6 Å². The molecule has 1 saturated heterocycles. The maximum atomic E-state index is 11.2. The summed E-state index contributed by atoms with van der Waals surface area (Å²) in [6, 6.07) is 7.60. The number of aliphatic hydroxyl groups is 1. The summed E-state index contributed by atoms with van der Waals surface area (Å²) in [6.45, 7) is 2.50. The molecule has 1 heterocycles. The van der Waals surface area contributed by atoms with Gasteiger partial charge in [0.05, 0.1) is 5.60 Å². The van der Waals surface area contributed by atoms with Gasteiger partial charge in [0.15, 0.2) is 0 Å². The number of halogens is 1. The summed E-state index contributed by atoms with van der Waals surface area (Å²) in [4.78, 5) is 0. The van der Waals surface area contributed by atoms with Crippen LogP contribution in [-0.4, -0.2) is 24.7 Å². The van der Waals surface area contributed by atoms with Crippen LogP contribution in [0.5, 0.6) is 0 Å². The normalized spacial score (nSPS) is 23.0. The van der Waals surface area contributed by atoms with Crippen LogP contribution >= 0.6 is 11.6 Å². The molecule has 0 aromatic heterocycles. The van der Waals surface area contributed by atoms with Gasteiger partial charge in [-0.1, -0.05) is 23.7 Å². The number of nitrogens with one attached hydrogen (secondary N) is 1. The Morgan fingerprint density at radius 2 is 2.32 bits per heavy atom. The van der Waals surface area contributed by atoms with Crippen LogP contribution in [0.4, 0.5) is 0 Å². The summed E-state index contributed by atoms with van der Waals surface area (Å²) < 4.78 is 0. The first kappa shape index (κ1) is 14.8. The van der Waals surface area contributed by atoms with E-state index < -0.39 is 5.60 Å². The van der Waals surface area contributed by atoms with Gasteiger partial charge in [-0.25, -0.2) is 0 Å². The number of benzene rings is 1. The highest BCUT2D eigenvalue weighted by atomic mass is 35.5. The SMILES string of the molecule is NCCC[C@@](O)(c1cccc(Cl)c1)C1CCCNC1. The summed E-state index contributed by atoms with van der Waals surface area (Å²) in [7, 11) is 0. The quantitative estimate of drug-likeness (QED) is 0.776. The van der Waals surface area contributed by atoms with Gasteiger partial charge in [0.1, 0.15) is 0 Å². The lowest BCUT2D eigenvalue weighted by molar-refractivity contribution is -0.0417. The van der Waals surface area contributed by atoms with Crippen LogP contribution in [0, 0.1) is 5.92 Å². The zero-order valence-electron chi connectivity index (χ0n) is 11.2. The molecule has 1 fully saturated rings. The first-order chi connectivity index (χ1) is 9.16. The Morgan fingerprint density at radius 3 is 2.95 bits per heavy atom. The van der Waals surface area contributed by atoms with E-state index >= 15 is 0 Å². The molecule has 0 amide bonds. The zero-order valence-corrected chi connectivity index (χ0v) is 12.0. The molecule has 0 spiro atoms. The van der Waals surface area contributed by atoms with Crippen LogP contribution in [-0.2, 0) is 5.60 Å². The van der Waals surface area contributed by atoms with Crippen molar-refractivity contribution in [2.75, 3.05) is 19.6 Å². The van der Waals surface area contributed by atoms with Crippen molar-refractivity contribution < 1.29 is 5.11 Å². The third-order valence-electron chi connectivity index (χ3n) is 4.06. The molecule has 1 unspecified atom stereocenters. The molecule has 2 rings (SSSR count). The largest absolute Gasteiger partial charge is 0.385 e. The predicted molar refractivity (Wildman–Crippen MR) is 79.2 cm³/mol. The summed E-state index contributed by atoms with van der Waals surface area (Å²) in [5.41, 5.74) is 5.72. The van der Waals surface area contributed by atoms with Gasteiger partial charge in [0, 0.05) is 17.5 Å². The molecule has 19 heavy (non-hydrogen) atoms. The molecule has 0 bridgehead atoms. The van der Waals surface area contributed by atoms with Crippen LogP contribution in [0.25, 0.3) is 0 Å². The van der Waals surface area contributed by atoms with Gasteiger partial charge >= 0.3 is 0 Å². The lowest BCUT2D eigenvalue weighted by Gasteiger charge is -2.39.